The molecular formula is C16H12ClN3O4S. The fourth-order valence-corrected chi connectivity index (χ4v) is 3.03. The molecule has 3 aromatic rings. The van der Waals surface area contributed by atoms with Gasteiger partial charge >= 0.3 is 5.97 Å². The molecule has 128 valence electrons. The lowest BCUT2D eigenvalue weighted by Crippen LogP contribution is -2.11. The molecule has 0 bridgehead atoms. The first kappa shape index (κ1) is 17.1. The summed E-state index contributed by atoms with van der Waals surface area (Å²) in [6.45, 7) is 1.66. The number of thiazole rings is 1. The highest BCUT2D eigenvalue weighted by Crippen LogP contribution is 2.25. The van der Waals surface area contributed by atoms with Gasteiger partial charge in [0.15, 0.2) is 16.6 Å². The maximum absolute atomic E-state index is 12.3. The Kier molecular flexibility index (Phi) is 4.82. The minimum absolute atomic E-state index is 0.0948. The maximum Gasteiger partial charge on any atom is 0.350 e. The number of anilines is 1. The Labute approximate surface area is 151 Å². The van der Waals surface area contributed by atoms with E-state index in [1.807, 2.05) is 0 Å². The van der Waals surface area contributed by atoms with E-state index in [0.29, 0.717) is 21.4 Å². The number of carbonyl (C=O) groups excluding carboxylic acids is 2. The van der Waals surface area contributed by atoms with Crippen LogP contribution in [0.25, 0.3) is 11.3 Å². The first-order valence-corrected chi connectivity index (χ1v) is 8.27. The zero-order chi connectivity index (χ0) is 18.0. The van der Waals surface area contributed by atoms with Crippen LogP contribution in [0.5, 0.6) is 0 Å². The number of aryl methyl sites for hydroxylation is 1. The van der Waals surface area contributed by atoms with E-state index in [1.54, 1.807) is 31.2 Å². The first-order valence-electron chi connectivity index (χ1n) is 7.07. The molecule has 0 unspecified atom stereocenters. The largest absolute Gasteiger partial charge is 0.465 e. The molecule has 0 atom stereocenters. The number of aromatic nitrogens is 2. The molecule has 1 amide bonds. The van der Waals surface area contributed by atoms with Crippen molar-refractivity contribution in [3.05, 3.63) is 51.6 Å². The van der Waals surface area contributed by atoms with Crippen molar-refractivity contribution in [1.82, 2.24) is 10.1 Å². The van der Waals surface area contributed by atoms with Crippen LogP contribution in [0.3, 0.4) is 0 Å². The standard InChI is InChI=1S/C16H12ClN3O4S/c1-8-13(15(22)23-2)25-16(18-8)19-14(21)11-7-12(24-20-11)9-3-5-10(17)6-4-9/h3-7H,1-2H3,(H,18,19,21). The van der Waals surface area contributed by atoms with Crippen LogP contribution in [-0.2, 0) is 4.74 Å². The fourth-order valence-electron chi connectivity index (χ4n) is 2.03. The Morgan fingerprint density at radius 3 is 2.68 bits per heavy atom. The van der Waals surface area contributed by atoms with Gasteiger partial charge in [0, 0.05) is 16.7 Å². The Morgan fingerprint density at radius 1 is 1.28 bits per heavy atom. The summed E-state index contributed by atoms with van der Waals surface area (Å²) >= 11 is 6.87. The second-order valence-corrected chi connectivity index (χ2v) is 6.40. The second kappa shape index (κ2) is 7.04. The molecule has 7 nitrogen and oxygen atoms in total. The van der Waals surface area contributed by atoms with Crippen LogP contribution < -0.4 is 5.32 Å². The van der Waals surface area contributed by atoms with Crippen LogP contribution in [0, 0.1) is 6.92 Å². The topological polar surface area (TPSA) is 94.3 Å². The van der Waals surface area contributed by atoms with Gasteiger partial charge in [-0.1, -0.05) is 28.1 Å². The van der Waals surface area contributed by atoms with Crippen molar-refractivity contribution in [3.8, 4) is 11.3 Å². The predicted molar refractivity (Wildman–Crippen MR) is 93.1 cm³/mol. The van der Waals surface area contributed by atoms with E-state index in [0.717, 1.165) is 16.9 Å². The van der Waals surface area contributed by atoms with Gasteiger partial charge in [-0.3, -0.25) is 10.1 Å². The second-order valence-electron chi connectivity index (χ2n) is 4.96. The van der Waals surface area contributed by atoms with E-state index in [9.17, 15) is 9.59 Å². The monoisotopic (exact) mass is 377 g/mol. The van der Waals surface area contributed by atoms with E-state index < -0.39 is 11.9 Å². The minimum atomic E-state index is -0.498. The van der Waals surface area contributed by atoms with Crippen LogP contribution >= 0.6 is 22.9 Å². The Balaban J connectivity index is 1.76. The number of amides is 1. The molecule has 9 heteroatoms. The molecule has 3 rings (SSSR count). The number of carbonyl (C=O) groups is 2. The van der Waals surface area contributed by atoms with Crippen molar-refractivity contribution in [3.63, 3.8) is 0 Å². The average molecular weight is 378 g/mol. The molecule has 2 aromatic heterocycles. The molecule has 0 aliphatic carbocycles. The van der Waals surface area contributed by atoms with E-state index in [-0.39, 0.29) is 10.8 Å². The molecule has 1 aromatic carbocycles. The average Bonchev–Trinajstić information content (AvgIpc) is 3.22. The highest BCUT2D eigenvalue weighted by molar-refractivity contribution is 7.17. The molecule has 0 aliphatic rings. The number of methoxy groups -OCH3 is 1. The normalized spacial score (nSPS) is 10.5. The van der Waals surface area contributed by atoms with Gasteiger partial charge in [0.05, 0.1) is 12.8 Å². The number of esters is 1. The Bertz CT molecular complexity index is 933. The molecular weight excluding hydrogens is 366 g/mol. The smallest absolute Gasteiger partial charge is 0.350 e. The van der Waals surface area contributed by atoms with Gasteiger partial charge < -0.3 is 9.26 Å². The third kappa shape index (κ3) is 3.70. The summed E-state index contributed by atoms with van der Waals surface area (Å²) in [4.78, 5) is 28.3. The van der Waals surface area contributed by atoms with Crippen LogP contribution in [0.2, 0.25) is 5.02 Å². The van der Waals surface area contributed by atoms with Crippen molar-refractivity contribution in [2.45, 2.75) is 6.92 Å². The van der Waals surface area contributed by atoms with Gasteiger partial charge in [0.1, 0.15) is 4.88 Å². The zero-order valence-corrected chi connectivity index (χ0v) is 14.8. The summed E-state index contributed by atoms with van der Waals surface area (Å²) in [6, 6.07) is 8.46. The van der Waals surface area contributed by atoms with Crippen LogP contribution in [0.1, 0.15) is 25.9 Å². The SMILES string of the molecule is COC(=O)c1sc(NC(=O)c2cc(-c3ccc(Cl)cc3)on2)nc1C. The molecule has 0 saturated heterocycles. The van der Waals surface area contributed by atoms with Gasteiger partial charge in [-0.15, -0.1) is 0 Å². The number of halogens is 1. The van der Waals surface area contributed by atoms with Gasteiger partial charge in [-0.2, -0.15) is 0 Å². The van der Waals surface area contributed by atoms with Crippen LogP contribution in [-0.4, -0.2) is 29.1 Å². The van der Waals surface area contributed by atoms with Crippen molar-refractivity contribution < 1.29 is 18.8 Å². The Morgan fingerprint density at radius 2 is 2.00 bits per heavy atom. The summed E-state index contributed by atoms with van der Waals surface area (Å²) in [7, 11) is 1.29. The van der Waals surface area contributed by atoms with Crippen molar-refractivity contribution in [1.29, 1.82) is 0 Å². The van der Waals surface area contributed by atoms with Gasteiger partial charge in [-0.25, -0.2) is 9.78 Å². The zero-order valence-electron chi connectivity index (χ0n) is 13.2. The summed E-state index contributed by atoms with van der Waals surface area (Å²) in [5.41, 5.74) is 1.32. The molecule has 0 radical (unpaired) electrons. The summed E-state index contributed by atoms with van der Waals surface area (Å²) in [5.74, 6) is -0.552. The molecule has 0 fully saturated rings. The number of hydrogen-bond donors (Lipinski definition) is 1. The molecule has 2 heterocycles. The first-order chi connectivity index (χ1) is 12.0. The minimum Gasteiger partial charge on any atom is -0.465 e. The third-order valence-corrected chi connectivity index (χ3v) is 4.56. The van der Waals surface area contributed by atoms with Gasteiger partial charge in [0.2, 0.25) is 0 Å². The molecule has 0 saturated carbocycles. The van der Waals surface area contributed by atoms with Crippen molar-refractivity contribution >= 4 is 39.9 Å². The number of ether oxygens (including phenoxy) is 1. The lowest BCUT2D eigenvalue weighted by Gasteiger charge is -1.96. The van der Waals surface area contributed by atoms with Gasteiger partial charge in [0.25, 0.3) is 5.91 Å². The van der Waals surface area contributed by atoms with Crippen LogP contribution in [0.4, 0.5) is 5.13 Å². The highest BCUT2D eigenvalue weighted by Gasteiger charge is 2.19. The lowest BCUT2D eigenvalue weighted by molar-refractivity contribution is 0.0605. The van der Waals surface area contributed by atoms with E-state index in [2.05, 4.69) is 20.2 Å². The predicted octanol–water partition coefficient (Wildman–Crippen LogP) is 3.80. The number of hydrogen-bond acceptors (Lipinski definition) is 7. The fraction of sp³-hybridized carbons (Fsp3) is 0.125. The van der Waals surface area contributed by atoms with Crippen LogP contribution in [0.15, 0.2) is 34.9 Å². The summed E-state index contributed by atoms with van der Waals surface area (Å²) in [6.07, 6.45) is 0. The number of rotatable bonds is 4. The Hall–Kier alpha value is -2.71. The van der Waals surface area contributed by atoms with E-state index in [4.69, 9.17) is 16.1 Å². The van der Waals surface area contributed by atoms with E-state index >= 15 is 0 Å². The number of nitrogens with one attached hydrogen (secondary N) is 1. The van der Waals surface area contributed by atoms with Gasteiger partial charge in [-0.05, 0) is 31.2 Å². The van der Waals surface area contributed by atoms with Crippen molar-refractivity contribution in [2.75, 3.05) is 12.4 Å². The highest BCUT2D eigenvalue weighted by atomic mass is 35.5. The number of benzene rings is 1. The molecule has 0 aliphatic heterocycles. The molecule has 1 N–H and O–H groups in total. The summed E-state index contributed by atoms with van der Waals surface area (Å²) < 4.78 is 9.85. The molecule has 0 spiro atoms. The van der Waals surface area contributed by atoms with E-state index in [1.165, 1.54) is 13.2 Å². The van der Waals surface area contributed by atoms with Crippen molar-refractivity contribution in [2.24, 2.45) is 0 Å². The summed E-state index contributed by atoms with van der Waals surface area (Å²) in [5, 5.41) is 7.22. The molecule has 25 heavy (non-hydrogen) atoms. The third-order valence-electron chi connectivity index (χ3n) is 3.26. The quantitative estimate of drug-likeness (QED) is 0.695. The maximum atomic E-state index is 12.3. The lowest BCUT2D eigenvalue weighted by atomic mass is 10.1. The number of nitrogens with zero attached hydrogens (tertiary/aromatic N) is 2.